The lowest BCUT2D eigenvalue weighted by Crippen LogP contribution is -2.05. The lowest BCUT2D eigenvalue weighted by Gasteiger charge is -2.05. The maximum Gasteiger partial charge on any atom is 0.158 e. The van der Waals surface area contributed by atoms with Gasteiger partial charge in [0.1, 0.15) is 24.6 Å². The summed E-state index contributed by atoms with van der Waals surface area (Å²) in [6, 6.07) is 1.68. The maximum absolute atomic E-state index is 5.66. The Kier molecular flexibility index (Phi) is 2.59. The molecule has 78 valence electrons. The molecule has 0 bridgehead atoms. The van der Waals surface area contributed by atoms with Gasteiger partial charge in [0.05, 0.1) is 0 Å². The molecule has 2 heterocycles. The molecule has 0 aliphatic heterocycles. The summed E-state index contributed by atoms with van der Waals surface area (Å²) in [6.07, 6.45) is 5.12. The van der Waals surface area contributed by atoms with Gasteiger partial charge in [-0.2, -0.15) is 0 Å². The van der Waals surface area contributed by atoms with Crippen LogP contribution in [0.1, 0.15) is 5.82 Å². The molecular weight excluding hydrogens is 194 g/mol. The molecule has 2 aromatic rings. The van der Waals surface area contributed by atoms with Crippen molar-refractivity contribution in [2.45, 2.75) is 6.61 Å². The molecule has 2 rings (SSSR count). The fourth-order valence-electron chi connectivity index (χ4n) is 1.22. The molecule has 0 spiro atoms. The third-order valence-corrected chi connectivity index (χ3v) is 1.82. The van der Waals surface area contributed by atoms with Crippen molar-refractivity contribution in [2.75, 3.05) is 12.8 Å². The fraction of sp³-hybridized carbons (Fsp3) is 0.222. The van der Waals surface area contributed by atoms with E-state index >= 15 is 0 Å². The first kappa shape index (κ1) is 9.60. The molecule has 0 aromatic carbocycles. The molecule has 6 heteroatoms. The van der Waals surface area contributed by atoms with Gasteiger partial charge in [-0.25, -0.2) is 15.0 Å². The van der Waals surface area contributed by atoms with Crippen LogP contribution in [0.25, 0.3) is 5.82 Å². The SMILES string of the molecule is COCc1nc(N)cc(-n2ccnc2)n1. The molecule has 2 aromatic heterocycles. The number of nitrogens with zero attached hydrogens (tertiary/aromatic N) is 4. The lowest BCUT2D eigenvalue weighted by molar-refractivity contribution is 0.178. The Bertz CT molecular complexity index is 440. The van der Waals surface area contributed by atoms with Gasteiger partial charge in [0.25, 0.3) is 0 Å². The summed E-state index contributed by atoms with van der Waals surface area (Å²) in [5.74, 6) is 1.66. The highest BCUT2D eigenvalue weighted by Gasteiger charge is 2.03. The van der Waals surface area contributed by atoms with Crippen LogP contribution < -0.4 is 5.73 Å². The molecule has 0 radical (unpaired) electrons. The van der Waals surface area contributed by atoms with Gasteiger partial charge < -0.3 is 10.5 Å². The average molecular weight is 205 g/mol. The van der Waals surface area contributed by atoms with Crippen LogP contribution in [-0.2, 0) is 11.3 Å². The van der Waals surface area contributed by atoms with Gasteiger partial charge in [0.2, 0.25) is 0 Å². The van der Waals surface area contributed by atoms with E-state index in [2.05, 4.69) is 15.0 Å². The van der Waals surface area contributed by atoms with Crippen molar-refractivity contribution in [2.24, 2.45) is 0 Å². The standard InChI is InChI=1S/C9H11N5O/c1-15-5-8-12-7(10)4-9(13-8)14-3-2-11-6-14/h2-4,6H,5H2,1H3,(H2,10,12,13). The molecule has 0 fully saturated rings. The van der Waals surface area contributed by atoms with Crippen LogP contribution in [0.3, 0.4) is 0 Å². The van der Waals surface area contributed by atoms with E-state index in [1.54, 1.807) is 36.5 Å². The third kappa shape index (κ3) is 2.10. The van der Waals surface area contributed by atoms with Crippen molar-refractivity contribution >= 4 is 5.82 Å². The molecule has 0 unspecified atom stereocenters. The van der Waals surface area contributed by atoms with Gasteiger partial charge in [-0.05, 0) is 0 Å². The smallest absolute Gasteiger partial charge is 0.158 e. The van der Waals surface area contributed by atoms with Crippen LogP contribution in [-0.4, -0.2) is 26.6 Å². The third-order valence-electron chi connectivity index (χ3n) is 1.82. The zero-order chi connectivity index (χ0) is 10.7. The second-order valence-electron chi connectivity index (χ2n) is 2.97. The molecule has 0 amide bonds. The molecule has 6 nitrogen and oxygen atoms in total. The summed E-state index contributed by atoms with van der Waals surface area (Å²) in [5.41, 5.74) is 5.66. The van der Waals surface area contributed by atoms with E-state index in [0.29, 0.717) is 24.1 Å². The van der Waals surface area contributed by atoms with Crippen molar-refractivity contribution in [1.29, 1.82) is 0 Å². The summed E-state index contributed by atoms with van der Waals surface area (Å²) in [6.45, 7) is 0.340. The Balaban J connectivity index is 2.40. The predicted molar refractivity (Wildman–Crippen MR) is 54.3 cm³/mol. The van der Waals surface area contributed by atoms with E-state index in [9.17, 15) is 0 Å². The lowest BCUT2D eigenvalue weighted by atomic mass is 10.5. The van der Waals surface area contributed by atoms with Crippen molar-refractivity contribution in [3.05, 3.63) is 30.6 Å². The minimum Gasteiger partial charge on any atom is -0.384 e. The largest absolute Gasteiger partial charge is 0.384 e. The number of hydrogen-bond acceptors (Lipinski definition) is 5. The normalized spacial score (nSPS) is 10.5. The van der Waals surface area contributed by atoms with Crippen molar-refractivity contribution in [1.82, 2.24) is 19.5 Å². The second kappa shape index (κ2) is 4.05. The van der Waals surface area contributed by atoms with Crippen LogP contribution in [0.4, 0.5) is 5.82 Å². The molecule has 0 saturated heterocycles. The van der Waals surface area contributed by atoms with Gasteiger partial charge in [-0.1, -0.05) is 0 Å². The van der Waals surface area contributed by atoms with E-state index in [1.165, 1.54) is 0 Å². The van der Waals surface area contributed by atoms with Crippen LogP contribution in [0, 0.1) is 0 Å². The number of nitrogens with two attached hydrogens (primary N) is 1. The minimum absolute atomic E-state index is 0.340. The number of imidazole rings is 1. The molecular formula is C9H11N5O. The summed E-state index contributed by atoms with van der Waals surface area (Å²) in [4.78, 5) is 12.2. The van der Waals surface area contributed by atoms with Gasteiger partial charge in [0.15, 0.2) is 5.82 Å². The molecule has 0 atom stereocenters. The topological polar surface area (TPSA) is 78.9 Å². The summed E-state index contributed by atoms with van der Waals surface area (Å²) in [5, 5.41) is 0. The van der Waals surface area contributed by atoms with Crippen LogP contribution in [0.2, 0.25) is 0 Å². The summed E-state index contributed by atoms with van der Waals surface area (Å²) < 4.78 is 6.71. The monoisotopic (exact) mass is 205 g/mol. The van der Waals surface area contributed by atoms with Crippen LogP contribution in [0.5, 0.6) is 0 Å². The highest BCUT2D eigenvalue weighted by atomic mass is 16.5. The number of hydrogen-bond donors (Lipinski definition) is 1. The first-order chi connectivity index (χ1) is 7.29. The Labute approximate surface area is 86.7 Å². The zero-order valence-corrected chi connectivity index (χ0v) is 8.29. The first-order valence-corrected chi connectivity index (χ1v) is 4.40. The van der Waals surface area contributed by atoms with Crippen molar-refractivity contribution in [3.8, 4) is 5.82 Å². The Morgan fingerprint density at radius 1 is 1.47 bits per heavy atom. The molecule has 15 heavy (non-hydrogen) atoms. The fourth-order valence-corrected chi connectivity index (χ4v) is 1.22. The number of aromatic nitrogens is 4. The molecule has 0 saturated carbocycles. The van der Waals surface area contributed by atoms with Gasteiger partial charge in [-0.15, -0.1) is 0 Å². The van der Waals surface area contributed by atoms with Crippen molar-refractivity contribution in [3.63, 3.8) is 0 Å². The number of methoxy groups -OCH3 is 1. The quantitative estimate of drug-likeness (QED) is 0.784. The van der Waals surface area contributed by atoms with E-state index in [4.69, 9.17) is 10.5 Å². The zero-order valence-electron chi connectivity index (χ0n) is 8.29. The molecule has 2 N–H and O–H groups in total. The molecule has 0 aliphatic carbocycles. The summed E-state index contributed by atoms with van der Waals surface area (Å²) in [7, 11) is 1.59. The predicted octanol–water partition coefficient (Wildman–Crippen LogP) is 0.391. The Morgan fingerprint density at radius 2 is 2.33 bits per heavy atom. The number of ether oxygens (including phenoxy) is 1. The first-order valence-electron chi connectivity index (χ1n) is 4.40. The Morgan fingerprint density at radius 3 is 3.00 bits per heavy atom. The van der Waals surface area contributed by atoms with Crippen LogP contribution in [0.15, 0.2) is 24.8 Å². The minimum atomic E-state index is 0.340. The van der Waals surface area contributed by atoms with E-state index in [1.807, 2.05) is 0 Å². The van der Waals surface area contributed by atoms with E-state index in [-0.39, 0.29) is 0 Å². The van der Waals surface area contributed by atoms with Crippen LogP contribution >= 0.6 is 0 Å². The number of nitrogen functional groups attached to an aromatic ring is 1. The number of rotatable bonds is 3. The highest BCUT2D eigenvalue weighted by Crippen LogP contribution is 2.08. The summed E-state index contributed by atoms with van der Waals surface area (Å²) >= 11 is 0. The second-order valence-corrected chi connectivity index (χ2v) is 2.97. The van der Waals surface area contributed by atoms with E-state index in [0.717, 1.165) is 0 Å². The van der Waals surface area contributed by atoms with Gasteiger partial charge in [0, 0.05) is 25.6 Å². The van der Waals surface area contributed by atoms with E-state index < -0.39 is 0 Å². The van der Waals surface area contributed by atoms with Gasteiger partial charge >= 0.3 is 0 Å². The molecule has 0 aliphatic rings. The maximum atomic E-state index is 5.66. The Hall–Kier alpha value is -1.95. The highest BCUT2D eigenvalue weighted by molar-refractivity contribution is 5.37. The van der Waals surface area contributed by atoms with Crippen molar-refractivity contribution < 1.29 is 4.74 Å². The average Bonchev–Trinajstić information content (AvgIpc) is 2.70. The number of anilines is 1. The van der Waals surface area contributed by atoms with Gasteiger partial charge in [-0.3, -0.25) is 4.57 Å².